The van der Waals surface area contributed by atoms with Gasteiger partial charge < -0.3 is 15.1 Å². The molecule has 0 saturated heterocycles. The van der Waals surface area contributed by atoms with Crippen molar-refractivity contribution in [3.05, 3.63) is 47.7 Å². The van der Waals surface area contributed by atoms with Crippen molar-refractivity contribution in [2.45, 2.75) is 37.8 Å². The maximum Gasteiger partial charge on any atom is 0.294 e. The molecule has 0 bridgehead atoms. The number of furan rings is 1. The fourth-order valence-electron chi connectivity index (χ4n) is 3.14. The lowest BCUT2D eigenvalue weighted by molar-refractivity contribution is -0.121. The van der Waals surface area contributed by atoms with Gasteiger partial charge in [-0.1, -0.05) is 18.2 Å². The number of hydrogen-bond acceptors (Lipinski definition) is 5. The molecule has 3 rings (SSSR count). The van der Waals surface area contributed by atoms with Crippen molar-refractivity contribution in [1.82, 2.24) is 4.72 Å². The van der Waals surface area contributed by atoms with Crippen molar-refractivity contribution >= 4 is 27.5 Å². The average molecular weight is 405 g/mol. The number of primary amides is 1. The number of nitrogens with zero attached hydrogens (tertiary/aromatic N) is 1. The zero-order valence-electron chi connectivity index (χ0n) is 15.9. The van der Waals surface area contributed by atoms with E-state index in [4.69, 9.17) is 10.2 Å². The van der Waals surface area contributed by atoms with Gasteiger partial charge in [-0.25, -0.2) is 13.1 Å². The summed E-state index contributed by atoms with van der Waals surface area (Å²) in [5, 5.41) is -0.345. The molecule has 0 saturated carbocycles. The van der Waals surface area contributed by atoms with Crippen LogP contribution >= 0.6 is 0 Å². The molecule has 1 atom stereocenters. The first kappa shape index (κ1) is 20.1. The second-order valence-electron chi connectivity index (χ2n) is 7.82. The van der Waals surface area contributed by atoms with Gasteiger partial charge in [0.2, 0.25) is 11.0 Å². The zero-order valence-corrected chi connectivity index (χ0v) is 16.7. The molecule has 150 valence electrons. The normalized spacial score (nSPS) is 17.2. The van der Waals surface area contributed by atoms with Gasteiger partial charge >= 0.3 is 0 Å². The summed E-state index contributed by atoms with van der Waals surface area (Å²) in [5.74, 6) is -1.69. The summed E-state index contributed by atoms with van der Waals surface area (Å²) in [6.45, 7) is 5.21. The van der Waals surface area contributed by atoms with E-state index in [-0.39, 0.29) is 17.4 Å². The monoisotopic (exact) mass is 405 g/mol. The van der Waals surface area contributed by atoms with Crippen LogP contribution in [0.25, 0.3) is 0 Å². The van der Waals surface area contributed by atoms with Crippen molar-refractivity contribution in [1.29, 1.82) is 0 Å². The van der Waals surface area contributed by atoms with E-state index in [1.807, 2.05) is 12.1 Å². The van der Waals surface area contributed by atoms with Gasteiger partial charge in [-0.05, 0) is 51.0 Å². The predicted octanol–water partition coefficient (Wildman–Crippen LogP) is 1.66. The number of hydrogen-bond donors (Lipinski definition) is 2. The first-order chi connectivity index (χ1) is 13.0. The number of rotatable bonds is 4. The van der Waals surface area contributed by atoms with Gasteiger partial charge in [0.1, 0.15) is 0 Å². The number of sulfonamides is 1. The lowest BCUT2D eigenvalue weighted by atomic mass is 9.92. The number of nitrogens with two attached hydrogens (primary N) is 1. The van der Waals surface area contributed by atoms with Crippen molar-refractivity contribution in [3.63, 3.8) is 0 Å². The topological polar surface area (TPSA) is 123 Å². The molecule has 1 unspecified atom stereocenters. The van der Waals surface area contributed by atoms with Crippen LogP contribution in [0.3, 0.4) is 0 Å². The minimum Gasteiger partial charge on any atom is -0.438 e. The lowest BCUT2D eigenvalue weighted by Gasteiger charge is -2.32. The average Bonchev–Trinajstić information content (AvgIpc) is 3.09. The molecule has 1 aliphatic heterocycles. The summed E-state index contributed by atoms with van der Waals surface area (Å²) in [4.78, 5) is 26.1. The molecule has 2 heterocycles. The Labute approximate surface area is 163 Å². The summed E-state index contributed by atoms with van der Waals surface area (Å²) in [7, 11) is -3.91. The largest absolute Gasteiger partial charge is 0.438 e. The number of amides is 2. The lowest BCUT2D eigenvalue weighted by Crippen LogP contribution is -2.44. The van der Waals surface area contributed by atoms with Crippen LogP contribution in [-0.4, -0.2) is 32.3 Å². The van der Waals surface area contributed by atoms with Crippen molar-refractivity contribution in [3.8, 4) is 0 Å². The van der Waals surface area contributed by atoms with E-state index in [2.05, 4.69) is 4.72 Å². The predicted molar refractivity (Wildman–Crippen MR) is 103 cm³/mol. The van der Waals surface area contributed by atoms with E-state index < -0.39 is 33.3 Å². The molecule has 8 nitrogen and oxygen atoms in total. The first-order valence-electron chi connectivity index (χ1n) is 8.81. The number of anilines is 1. The number of benzene rings is 1. The Kier molecular flexibility index (Phi) is 5.07. The molecular formula is C19H23N3O5S. The molecule has 2 aromatic rings. The zero-order chi connectivity index (χ0) is 20.7. The van der Waals surface area contributed by atoms with Crippen LogP contribution in [0.2, 0.25) is 0 Å². The van der Waals surface area contributed by atoms with Crippen molar-refractivity contribution in [2.24, 2.45) is 11.7 Å². The van der Waals surface area contributed by atoms with Gasteiger partial charge in [0, 0.05) is 17.8 Å². The highest BCUT2D eigenvalue weighted by Gasteiger charge is 2.34. The fourth-order valence-corrected chi connectivity index (χ4v) is 4.50. The molecule has 28 heavy (non-hydrogen) atoms. The third kappa shape index (κ3) is 4.10. The molecular weight excluding hydrogens is 382 g/mol. The summed E-state index contributed by atoms with van der Waals surface area (Å²) in [6, 6.07) is 9.76. The SMILES string of the molecule is CC(C)(C)NS(=O)(=O)c1ccc(C(=O)N2CC(C(N)=O)Cc3ccccc32)o1. The summed E-state index contributed by atoms with van der Waals surface area (Å²) in [5.41, 5.74) is 6.23. The van der Waals surface area contributed by atoms with Crippen LogP contribution in [0.4, 0.5) is 5.69 Å². The molecule has 1 aliphatic rings. The third-order valence-corrected chi connectivity index (χ3v) is 5.93. The van der Waals surface area contributed by atoms with E-state index in [0.29, 0.717) is 12.1 Å². The first-order valence-corrected chi connectivity index (χ1v) is 10.3. The van der Waals surface area contributed by atoms with Gasteiger partial charge in [-0.2, -0.15) is 0 Å². The summed E-state index contributed by atoms with van der Waals surface area (Å²) in [6.07, 6.45) is 0.447. The van der Waals surface area contributed by atoms with E-state index in [0.717, 1.165) is 5.56 Å². The number of fused-ring (bicyclic) bond motifs is 1. The Balaban J connectivity index is 1.93. The van der Waals surface area contributed by atoms with Crippen molar-refractivity contribution < 1.29 is 22.4 Å². The van der Waals surface area contributed by atoms with Crippen LogP contribution in [0.5, 0.6) is 0 Å². The molecule has 0 aliphatic carbocycles. The molecule has 1 aromatic carbocycles. The van der Waals surface area contributed by atoms with Crippen LogP contribution in [0, 0.1) is 5.92 Å². The number of para-hydroxylation sites is 1. The molecule has 2 amide bonds. The van der Waals surface area contributed by atoms with E-state index >= 15 is 0 Å². The minimum atomic E-state index is -3.91. The highest BCUT2D eigenvalue weighted by molar-refractivity contribution is 7.89. The molecule has 1 aromatic heterocycles. The highest BCUT2D eigenvalue weighted by Crippen LogP contribution is 2.31. The summed E-state index contributed by atoms with van der Waals surface area (Å²) < 4.78 is 32.7. The summed E-state index contributed by atoms with van der Waals surface area (Å²) >= 11 is 0. The van der Waals surface area contributed by atoms with Gasteiger partial charge in [0.05, 0.1) is 5.92 Å². The van der Waals surface area contributed by atoms with Crippen LogP contribution < -0.4 is 15.4 Å². The van der Waals surface area contributed by atoms with Crippen LogP contribution in [-0.2, 0) is 21.2 Å². The standard InChI is InChI=1S/C19H23N3O5S/c1-19(2,3)21-28(25,26)16-9-8-15(27-16)18(24)22-11-13(17(20)23)10-12-6-4-5-7-14(12)22/h4-9,13,21H,10-11H2,1-3H3,(H2,20,23). The molecule has 0 radical (unpaired) electrons. The molecule has 3 N–H and O–H groups in total. The smallest absolute Gasteiger partial charge is 0.294 e. The van der Waals surface area contributed by atoms with Gasteiger partial charge in [0.25, 0.3) is 15.9 Å². The second kappa shape index (κ2) is 7.06. The molecule has 9 heteroatoms. The maximum absolute atomic E-state index is 13.0. The minimum absolute atomic E-state index is 0.105. The maximum atomic E-state index is 13.0. The third-order valence-electron chi connectivity index (χ3n) is 4.30. The molecule has 0 fully saturated rings. The number of nitrogens with one attached hydrogen (secondary N) is 1. The highest BCUT2D eigenvalue weighted by atomic mass is 32.2. The Morgan fingerprint density at radius 1 is 1.18 bits per heavy atom. The van der Waals surface area contributed by atoms with Crippen molar-refractivity contribution in [2.75, 3.05) is 11.4 Å². The Hall–Kier alpha value is -2.65. The van der Waals surface area contributed by atoms with E-state index in [1.165, 1.54) is 17.0 Å². The fraction of sp³-hybridized carbons (Fsp3) is 0.368. The number of carbonyl (C=O) groups is 2. The van der Waals surface area contributed by atoms with Gasteiger partial charge in [-0.15, -0.1) is 0 Å². The molecule has 0 spiro atoms. The Bertz CT molecular complexity index is 1020. The van der Waals surface area contributed by atoms with E-state index in [1.54, 1.807) is 32.9 Å². The van der Waals surface area contributed by atoms with E-state index in [9.17, 15) is 18.0 Å². The van der Waals surface area contributed by atoms with Crippen LogP contribution in [0.1, 0.15) is 36.9 Å². The number of carbonyl (C=O) groups excluding carboxylic acids is 2. The quantitative estimate of drug-likeness (QED) is 0.801. The second-order valence-corrected chi connectivity index (χ2v) is 9.44. The van der Waals surface area contributed by atoms with Gasteiger partial charge in [-0.3, -0.25) is 9.59 Å². The Morgan fingerprint density at radius 3 is 2.50 bits per heavy atom. The van der Waals surface area contributed by atoms with Gasteiger partial charge in [0.15, 0.2) is 5.76 Å². The Morgan fingerprint density at radius 2 is 1.86 bits per heavy atom. The van der Waals surface area contributed by atoms with Crippen LogP contribution in [0.15, 0.2) is 45.9 Å².